The van der Waals surface area contributed by atoms with E-state index in [-0.39, 0.29) is 17.9 Å². The van der Waals surface area contributed by atoms with Crippen LogP contribution in [0.15, 0.2) is 42.5 Å². The van der Waals surface area contributed by atoms with Crippen molar-refractivity contribution in [2.75, 3.05) is 5.32 Å². The molecule has 1 saturated carbocycles. The monoisotopic (exact) mass is 370 g/mol. The zero-order chi connectivity index (χ0) is 18.5. The third kappa shape index (κ3) is 5.09. The van der Waals surface area contributed by atoms with Gasteiger partial charge in [-0.15, -0.1) is 0 Å². The van der Waals surface area contributed by atoms with Gasteiger partial charge in [-0.25, -0.2) is 0 Å². The number of halogens is 1. The topological polar surface area (TPSA) is 58.2 Å². The average molecular weight is 371 g/mol. The molecule has 0 saturated heterocycles. The van der Waals surface area contributed by atoms with Gasteiger partial charge in [0.05, 0.1) is 10.6 Å². The maximum atomic E-state index is 12.2. The van der Waals surface area contributed by atoms with Gasteiger partial charge in [0.25, 0.3) is 5.91 Å². The van der Waals surface area contributed by atoms with E-state index in [0.29, 0.717) is 29.1 Å². The smallest absolute Gasteiger partial charge is 0.253 e. The first kappa shape index (κ1) is 18.5. The SMILES string of the molecule is CCc1ccc(CCC(=O)Nc2ccc(Cl)c(C(=O)NC3CC3)c2)cc1. The molecule has 4 nitrogen and oxygen atoms in total. The molecule has 136 valence electrons. The van der Waals surface area contributed by atoms with Crippen LogP contribution in [-0.2, 0) is 17.6 Å². The molecule has 1 aliphatic carbocycles. The van der Waals surface area contributed by atoms with Crippen molar-refractivity contribution < 1.29 is 9.59 Å². The van der Waals surface area contributed by atoms with Crippen LogP contribution in [0.25, 0.3) is 0 Å². The molecule has 0 aromatic heterocycles. The van der Waals surface area contributed by atoms with Crippen molar-refractivity contribution in [2.45, 2.75) is 45.1 Å². The number of nitrogens with one attached hydrogen (secondary N) is 2. The van der Waals surface area contributed by atoms with E-state index >= 15 is 0 Å². The first-order valence-corrected chi connectivity index (χ1v) is 9.41. The van der Waals surface area contributed by atoms with Gasteiger partial charge in [0, 0.05) is 18.2 Å². The maximum absolute atomic E-state index is 12.2. The maximum Gasteiger partial charge on any atom is 0.253 e. The minimum absolute atomic E-state index is 0.0829. The molecule has 2 aromatic rings. The van der Waals surface area contributed by atoms with Gasteiger partial charge >= 0.3 is 0 Å². The Labute approximate surface area is 158 Å². The second-order valence-electron chi connectivity index (χ2n) is 6.66. The number of hydrogen-bond donors (Lipinski definition) is 2. The molecule has 0 unspecified atom stereocenters. The van der Waals surface area contributed by atoms with Crippen molar-refractivity contribution in [3.05, 3.63) is 64.2 Å². The minimum Gasteiger partial charge on any atom is -0.349 e. The fourth-order valence-electron chi connectivity index (χ4n) is 2.69. The first-order chi connectivity index (χ1) is 12.5. The average Bonchev–Trinajstić information content (AvgIpc) is 3.46. The van der Waals surface area contributed by atoms with E-state index in [1.54, 1.807) is 18.2 Å². The van der Waals surface area contributed by atoms with E-state index in [1.807, 2.05) is 0 Å². The summed E-state index contributed by atoms with van der Waals surface area (Å²) in [7, 11) is 0. The molecule has 0 atom stereocenters. The van der Waals surface area contributed by atoms with Crippen LogP contribution in [0.1, 0.15) is 47.7 Å². The molecule has 2 N–H and O–H groups in total. The molecule has 3 rings (SSSR count). The van der Waals surface area contributed by atoms with Crippen LogP contribution in [0, 0.1) is 0 Å². The summed E-state index contributed by atoms with van der Waals surface area (Å²) in [5.74, 6) is -0.273. The molecule has 1 aliphatic rings. The number of hydrogen-bond acceptors (Lipinski definition) is 2. The van der Waals surface area contributed by atoms with Crippen LogP contribution in [0.4, 0.5) is 5.69 Å². The van der Waals surface area contributed by atoms with Crippen LogP contribution >= 0.6 is 11.6 Å². The van der Waals surface area contributed by atoms with E-state index in [9.17, 15) is 9.59 Å². The summed E-state index contributed by atoms with van der Waals surface area (Å²) in [4.78, 5) is 24.4. The van der Waals surface area contributed by atoms with E-state index in [0.717, 1.165) is 24.8 Å². The van der Waals surface area contributed by atoms with Gasteiger partial charge in [0.2, 0.25) is 5.91 Å². The standard InChI is InChI=1S/C21H23ClN2O2/c1-2-14-3-5-15(6-4-14)7-12-20(25)23-17-10-11-19(22)18(13-17)21(26)24-16-8-9-16/h3-6,10-11,13,16H,2,7-9,12H2,1H3,(H,23,25)(H,24,26). The highest BCUT2D eigenvalue weighted by Crippen LogP contribution is 2.24. The van der Waals surface area contributed by atoms with Crippen LogP contribution in [-0.4, -0.2) is 17.9 Å². The van der Waals surface area contributed by atoms with E-state index in [4.69, 9.17) is 11.6 Å². The van der Waals surface area contributed by atoms with Gasteiger partial charge in [-0.3, -0.25) is 9.59 Å². The second-order valence-corrected chi connectivity index (χ2v) is 7.07. The van der Waals surface area contributed by atoms with Crippen molar-refractivity contribution in [2.24, 2.45) is 0 Å². The Bertz CT molecular complexity index is 798. The van der Waals surface area contributed by atoms with Gasteiger partial charge in [0.1, 0.15) is 0 Å². The molecular weight excluding hydrogens is 348 g/mol. The summed E-state index contributed by atoms with van der Waals surface area (Å²) in [6, 6.07) is 13.6. The highest BCUT2D eigenvalue weighted by molar-refractivity contribution is 6.34. The molecule has 5 heteroatoms. The Morgan fingerprint density at radius 1 is 1.08 bits per heavy atom. The van der Waals surface area contributed by atoms with Crippen LogP contribution in [0.2, 0.25) is 5.02 Å². The summed E-state index contributed by atoms with van der Waals surface area (Å²) < 4.78 is 0. The highest BCUT2D eigenvalue weighted by atomic mass is 35.5. The Hall–Kier alpha value is -2.33. The van der Waals surface area contributed by atoms with Crippen molar-refractivity contribution >= 4 is 29.1 Å². The Morgan fingerprint density at radius 3 is 2.42 bits per heavy atom. The van der Waals surface area contributed by atoms with Gasteiger partial charge < -0.3 is 10.6 Å². The van der Waals surface area contributed by atoms with Gasteiger partial charge in [0.15, 0.2) is 0 Å². The largest absolute Gasteiger partial charge is 0.349 e. The molecule has 0 heterocycles. The van der Waals surface area contributed by atoms with Crippen molar-refractivity contribution in [3.63, 3.8) is 0 Å². The molecule has 0 bridgehead atoms. The lowest BCUT2D eigenvalue weighted by molar-refractivity contribution is -0.116. The van der Waals surface area contributed by atoms with Gasteiger partial charge in [-0.2, -0.15) is 0 Å². The van der Waals surface area contributed by atoms with Crippen molar-refractivity contribution in [1.82, 2.24) is 5.32 Å². The van der Waals surface area contributed by atoms with E-state index in [1.165, 1.54) is 5.56 Å². The minimum atomic E-state index is -0.190. The lowest BCUT2D eigenvalue weighted by atomic mass is 10.1. The molecule has 2 amide bonds. The lowest BCUT2D eigenvalue weighted by Gasteiger charge is -2.10. The molecule has 0 spiro atoms. The summed E-state index contributed by atoms with van der Waals surface area (Å²) in [5, 5.41) is 6.15. The molecule has 2 aromatic carbocycles. The third-order valence-corrected chi connectivity index (χ3v) is 4.81. The van der Waals surface area contributed by atoms with Crippen LogP contribution < -0.4 is 10.6 Å². The number of carbonyl (C=O) groups is 2. The summed E-state index contributed by atoms with van der Waals surface area (Å²) in [6.07, 6.45) is 4.10. The van der Waals surface area contributed by atoms with Gasteiger partial charge in [-0.1, -0.05) is 42.8 Å². The highest BCUT2D eigenvalue weighted by Gasteiger charge is 2.24. The first-order valence-electron chi connectivity index (χ1n) is 9.03. The Balaban J connectivity index is 1.56. The lowest BCUT2D eigenvalue weighted by Crippen LogP contribution is -2.25. The molecule has 0 aliphatic heterocycles. The number of benzene rings is 2. The van der Waals surface area contributed by atoms with Gasteiger partial charge in [-0.05, 0) is 55.0 Å². The number of anilines is 1. The Morgan fingerprint density at radius 2 is 1.77 bits per heavy atom. The van der Waals surface area contributed by atoms with E-state index < -0.39 is 0 Å². The predicted molar refractivity (Wildman–Crippen MR) is 105 cm³/mol. The summed E-state index contributed by atoms with van der Waals surface area (Å²) in [5.41, 5.74) is 3.41. The number of rotatable bonds is 7. The normalized spacial score (nSPS) is 13.3. The molecule has 26 heavy (non-hydrogen) atoms. The third-order valence-electron chi connectivity index (χ3n) is 4.48. The van der Waals surface area contributed by atoms with E-state index in [2.05, 4.69) is 41.8 Å². The molecule has 0 radical (unpaired) electrons. The molecular formula is C21H23ClN2O2. The summed E-state index contributed by atoms with van der Waals surface area (Å²) in [6.45, 7) is 2.12. The number of aryl methyl sites for hydroxylation is 2. The fourth-order valence-corrected chi connectivity index (χ4v) is 2.89. The summed E-state index contributed by atoms with van der Waals surface area (Å²) >= 11 is 6.12. The van der Waals surface area contributed by atoms with Crippen molar-refractivity contribution in [3.8, 4) is 0 Å². The second kappa shape index (κ2) is 8.37. The Kier molecular flexibility index (Phi) is 5.94. The predicted octanol–water partition coefficient (Wildman–Crippen LogP) is 4.37. The number of carbonyl (C=O) groups excluding carboxylic acids is 2. The zero-order valence-corrected chi connectivity index (χ0v) is 15.6. The van der Waals surface area contributed by atoms with Crippen LogP contribution in [0.3, 0.4) is 0 Å². The fraction of sp³-hybridized carbons (Fsp3) is 0.333. The molecule has 1 fully saturated rings. The van der Waals surface area contributed by atoms with Crippen molar-refractivity contribution in [1.29, 1.82) is 0 Å². The quantitative estimate of drug-likeness (QED) is 0.760. The zero-order valence-electron chi connectivity index (χ0n) is 14.8. The van der Waals surface area contributed by atoms with Crippen LogP contribution in [0.5, 0.6) is 0 Å². The number of amides is 2.